The van der Waals surface area contributed by atoms with Crippen molar-refractivity contribution in [2.75, 3.05) is 6.61 Å². The molecule has 0 aliphatic carbocycles. The van der Waals surface area contributed by atoms with Crippen LogP contribution in [0, 0.1) is 0 Å². The number of rotatable bonds is 4. The zero-order chi connectivity index (χ0) is 13.1. The van der Waals surface area contributed by atoms with Crippen molar-refractivity contribution in [1.82, 2.24) is 15.0 Å². The van der Waals surface area contributed by atoms with Crippen LogP contribution in [-0.4, -0.2) is 27.4 Å². The summed E-state index contributed by atoms with van der Waals surface area (Å²) in [7, 11) is 1.64. The molecule has 1 aromatic heterocycles. The van der Waals surface area contributed by atoms with E-state index in [1.54, 1.807) is 31.3 Å². The summed E-state index contributed by atoms with van der Waals surface area (Å²) in [6.07, 6.45) is 0. The molecule has 1 aromatic carbocycles. The van der Waals surface area contributed by atoms with E-state index in [0.717, 1.165) is 0 Å². The van der Waals surface area contributed by atoms with Crippen LogP contribution in [0.2, 0.25) is 5.02 Å². The fraction of sp³-hybridized carbons (Fsp3) is 0.182. The first-order valence-corrected chi connectivity index (χ1v) is 6.22. The van der Waals surface area contributed by atoms with Gasteiger partial charge in [-0.05, 0) is 34.1 Å². The third kappa shape index (κ3) is 2.88. The van der Waals surface area contributed by atoms with Crippen molar-refractivity contribution >= 4 is 33.3 Å². The van der Waals surface area contributed by atoms with Gasteiger partial charge in [-0.3, -0.25) is 4.79 Å². The molecule has 0 saturated heterocycles. The molecule has 7 heteroatoms. The highest BCUT2D eigenvalue weighted by molar-refractivity contribution is 9.10. The average Bonchev–Trinajstić information content (AvgIpc) is 2.66. The number of hydrogen-bond acceptors (Lipinski definition) is 4. The van der Waals surface area contributed by atoms with Gasteiger partial charge in [-0.2, -0.15) is 0 Å². The Balaban J connectivity index is 2.05. The smallest absolute Gasteiger partial charge is 0.220 e. The molecule has 0 radical (unpaired) electrons. The molecule has 0 fully saturated rings. The molecule has 0 aliphatic heterocycles. The molecule has 0 unspecified atom stereocenters. The number of benzene rings is 1. The van der Waals surface area contributed by atoms with Crippen LogP contribution in [0.4, 0.5) is 0 Å². The molecule has 1 heterocycles. The zero-order valence-electron chi connectivity index (χ0n) is 9.43. The molecular formula is C11H9BrClN3O2. The number of ketones is 1. The summed E-state index contributed by atoms with van der Waals surface area (Å²) in [5, 5.41) is 8.03. The highest BCUT2D eigenvalue weighted by Crippen LogP contribution is 2.18. The summed E-state index contributed by atoms with van der Waals surface area (Å²) in [5.41, 5.74) is 0.372. The predicted octanol–water partition coefficient (Wildman–Crippen LogP) is 2.49. The van der Waals surface area contributed by atoms with Crippen LogP contribution in [0.5, 0.6) is 5.75 Å². The molecule has 0 amide bonds. The summed E-state index contributed by atoms with van der Waals surface area (Å²) in [4.78, 5) is 11.9. The fourth-order valence-electron chi connectivity index (χ4n) is 1.40. The highest BCUT2D eigenvalue weighted by Gasteiger charge is 2.17. The normalized spacial score (nSPS) is 10.4. The number of Topliss-reactive ketones (excluding diaryl/α,β-unsaturated/α-hetero) is 1. The first-order chi connectivity index (χ1) is 8.58. The third-order valence-electron chi connectivity index (χ3n) is 2.22. The molecule has 5 nitrogen and oxygen atoms in total. The van der Waals surface area contributed by atoms with Gasteiger partial charge in [-0.15, -0.1) is 5.10 Å². The standard InChI is InChI=1S/C11H9BrClN3O2/c1-16-10(11(12)14-15-16)9(17)6-18-8-4-2-3-7(13)5-8/h2-5H,6H2,1H3. The van der Waals surface area contributed by atoms with Gasteiger partial charge in [0.1, 0.15) is 11.4 Å². The molecule has 0 N–H and O–H groups in total. The van der Waals surface area contributed by atoms with Gasteiger partial charge in [0, 0.05) is 12.1 Å². The van der Waals surface area contributed by atoms with Gasteiger partial charge < -0.3 is 4.74 Å². The van der Waals surface area contributed by atoms with Crippen LogP contribution in [0.15, 0.2) is 28.9 Å². The predicted molar refractivity (Wildman–Crippen MR) is 70.0 cm³/mol. The summed E-state index contributed by atoms with van der Waals surface area (Å²) in [5.74, 6) is 0.330. The van der Waals surface area contributed by atoms with Crippen molar-refractivity contribution in [3.05, 3.63) is 39.6 Å². The van der Waals surface area contributed by atoms with Crippen LogP contribution < -0.4 is 4.74 Å². The maximum atomic E-state index is 11.9. The van der Waals surface area contributed by atoms with Gasteiger partial charge >= 0.3 is 0 Å². The maximum absolute atomic E-state index is 11.9. The van der Waals surface area contributed by atoms with E-state index in [1.807, 2.05) is 0 Å². The topological polar surface area (TPSA) is 57.0 Å². The molecule has 0 bridgehead atoms. The fourth-order valence-corrected chi connectivity index (χ4v) is 2.13. The van der Waals surface area contributed by atoms with E-state index in [1.165, 1.54) is 4.68 Å². The number of halogens is 2. The third-order valence-corrected chi connectivity index (χ3v) is 2.99. The van der Waals surface area contributed by atoms with Gasteiger partial charge in [0.25, 0.3) is 0 Å². The Hall–Kier alpha value is -1.40. The molecule has 2 rings (SSSR count). The Morgan fingerprint density at radius 1 is 1.56 bits per heavy atom. The van der Waals surface area contributed by atoms with Crippen LogP contribution >= 0.6 is 27.5 Å². The lowest BCUT2D eigenvalue weighted by Crippen LogP contribution is -2.16. The monoisotopic (exact) mass is 329 g/mol. The van der Waals surface area contributed by atoms with Gasteiger partial charge in [-0.1, -0.05) is 22.9 Å². The Kier molecular flexibility index (Phi) is 3.98. The lowest BCUT2D eigenvalue weighted by atomic mass is 10.3. The first kappa shape index (κ1) is 13.0. The van der Waals surface area contributed by atoms with E-state index in [-0.39, 0.29) is 12.4 Å². The van der Waals surface area contributed by atoms with E-state index >= 15 is 0 Å². The number of aromatic nitrogens is 3. The quantitative estimate of drug-likeness (QED) is 0.808. The van der Waals surface area contributed by atoms with E-state index in [4.69, 9.17) is 16.3 Å². The second-order valence-corrected chi connectivity index (χ2v) is 4.71. The van der Waals surface area contributed by atoms with Crippen molar-refractivity contribution in [1.29, 1.82) is 0 Å². The van der Waals surface area contributed by atoms with E-state index in [0.29, 0.717) is 21.1 Å². The molecule has 0 atom stereocenters. The van der Waals surface area contributed by atoms with Crippen molar-refractivity contribution < 1.29 is 9.53 Å². The van der Waals surface area contributed by atoms with Gasteiger partial charge in [-0.25, -0.2) is 4.68 Å². The van der Waals surface area contributed by atoms with Crippen LogP contribution in [0.25, 0.3) is 0 Å². The minimum Gasteiger partial charge on any atom is -0.485 e. The van der Waals surface area contributed by atoms with Crippen molar-refractivity contribution in [3.63, 3.8) is 0 Å². The van der Waals surface area contributed by atoms with Crippen molar-refractivity contribution in [3.8, 4) is 5.75 Å². The number of hydrogen-bond donors (Lipinski definition) is 0. The van der Waals surface area contributed by atoms with E-state index in [9.17, 15) is 4.79 Å². The number of carbonyl (C=O) groups is 1. The SMILES string of the molecule is Cn1nnc(Br)c1C(=O)COc1cccc(Cl)c1. The lowest BCUT2D eigenvalue weighted by molar-refractivity contribution is 0.0911. The molecule has 0 aliphatic rings. The molecule has 94 valence electrons. The summed E-state index contributed by atoms with van der Waals surface area (Å²) in [6.45, 7) is -0.0971. The molecule has 18 heavy (non-hydrogen) atoms. The number of ether oxygens (including phenoxy) is 1. The summed E-state index contributed by atoms with van der Waals surface area (Å²) >= 11 is 8.98. The van der Waals surface area contributed by atoms with Crippen LogP contribution in [0.3, 0.4) is 0 Å². The highest BCUT2D eigenvalue weighted by atomic mass is 79.9. The Morgan fingerprint density at radius 2 is 2.33 bits per heavy atom. The second-order valence-electron chi connectivity index (χ2n) is 3.52. The summed E-state index contributed by atoms with van der Waals surface area (Å²) in [6, 6.07) is 6.86. The lowest BCUT2D eigenvalue weighted by Gasteiger charge is -2.05. The molecular weight excluding hydrogens is 321 g/mol. The Morgan fingerprint density at radius 3 is 2.94 bits per heavy atom. The molecule has 2 aromatic rings. The van der Waals surface area contributed by atoms with Crippen LogP contribution in [-0.2, 0) is 7.05 Å². The number of carbonyl (C=O) groups excluding carboxylic acids is 1. The van der Waals surface area contributed by atoms with Crippen molar-refractivity contribution in [2.45, 2.75) is 0 Å². The zero-order valence-corrected chi connectivity index (χ0v) is 11.8. The van der Waals surface area contributed by atoms with Gasteiger partial charge in [0.2, 0.25) is 5.78 Å². The Labute approximate surface area is 117 Å². The maximum Gasteiger partial charge on any atom is 0.220 e. The Bertz CT molecular complexity index is 566. The largest absolute Gasteiger partial charge is 0.485 e. The number of nitrogens with zero attached hydrogens (tertiary/aromatic N) is 3. The number of aryl methyl sites for hydroxylation is 1. The molecule has 0 saturated carbocycles. The average molecular weight is 331 g/mol. The molecule has 0 spiro atoms. The second kappa shape index (κ2) is 5.49. The van der Waals surface area contributed by atoms with Crippen LogP contribution in [0.1, 0.15) is 10.5 Å². The van der Waals surface area contributed by atoms with E-state index in [2.05, 4.69) is 26.2 Å². The minimum atomic E-state index is -0.214. The van der Waals surface area contributed by atoms with Gasteiger partial charge in [0.05, 0.1) is 0 Å². The van der Waals surface area contributed by atoms with Crippen molar-refractivity contribution in [2.24, 2.45) is 7.05 Å². The minimum absolute atomic E-state index is 0.0971. The van der Waals surface area contributed by atoms with E-state index < -0.39 is 0 Å². The van der Waals surface area contributed by atoms with Gasteiger partial charge in [0.15, 0.2) is 11.2 Å². The first-order valence-electron chi connectivity index (χ1n) is 5.04. The summed E-state index contributed by atoms with van der Waals surface area (Å²) < 4.78 is 7.16.